The fourth-order valence-corrected chi connectivity index (χ4v) is 3.71. The molecule has 0 radical (unpaired) electrons. The number of para-hydroxylation sites is 2. The smallest absolute Gasteiger partial charge is 0.241 e. The third-order valence-electron chi connectivity index (χ3n) is 4.39. The number of benzene rings is 2. The number of rotatable bonds is 6. The van der Waals surface area contributed by atoms with Gasteiger partial charge in [-0.3, -0.25) is 14.5 Å². The van der Waals surface area contributed by atoms with Gasteiger partial charge in [0.25, 0.3) is 0 Å². The van der Waals surface area contributed by atoms with E-state index in [1.165, 1.54) is 5.56 Å². The summed E-state index contributed by atoms with van der Waals surface area (Å²) in [6.45, 7) is 1.09. The van der Waals surface area contributed by atoms with E-state index in [4.69, 9.17) is 0 Å². The van der Waals surface area contributed by atoms with Gasteiger partial charge < -0.3 is 10.2 Å². The molecule has 0 saturated carbocycles. The fraction of sp³-hybridized carbons (Fsp3) is 0.300. The summed E-state index contributed by atoms with van der Waals surface area (Å²) < 4.78 is 0. The molecule has 3 rings (SSSR count). The van der Waals surface area contributed by atoms with E-state index in [2.05, 4.69) is 11.4 Å². The third-order valence-corrected chi connectivity index (χ3v) is 5.18. The Balaban J connectivity index is 1.55. The lowest BCUT2D eigenvalue weighted by atomic mass is 10.2. The van der Waals surface area contributed by atoms with Gasteiger partial charge in [-0.15, -0.1) is 11.8 Å². The molecule has 26 heavy (non-hydrogen) atoms. The van der Waals surface area contributed by atoms with Crippen LogP contribution in [0.1, 0.15) is 5.56 Å². The lowest BCUT2D eigenvalue weighted by molar-refractivity contribution is -0.120. The van der Waals surface area contributed by atoms with Gasteiger partial charge in [0.05, 0.1) is 18.8 Å². The van der Waals surface area contributed by atoms with Gasteiger partial charge in [0, 0.05) is 17.1 Å². The standard InChI is InChI=1S/C20H23N3O2S/c1-22(13-19(24)21-16-8-4-6-10-18(16)26-2)14-20(25)23-12-11-15-7-3-5-9-17(15)23/h3-10H,11-14H2,1-2H3,(H,21,24). The molecule has 2 aromatic carbocycles. The molecule has 1 aliphatic rings. The summed E-state index contributed by atoms with van der Waals surface area (Å²) >= 11 is 1.59. The Hall–Kier alpha value is -2.31. The molecule has 0 aliphatic carbocycles. The maximum Gasteiger partial charge on any atom is 0.241 e. The van der Waals surface area contributed by atoms with E-state index in [9.17, 15) is 9.59 Å². The van der Waals surface area contributed by atoms with Gasteiger partial charge in [-0.25, -0.2) is 0 Å². The van der Waals surface area contributed by atoms with Crippen LogP contribution in [0.4, 0.5) is 11.4 Å². The topological polar surface area (TPSA) is 52.7 Å². The Morgan fingerprint density at radius 3 is 2.65 bits per heavy atom. The van der Waals surface area contributed by atoms with Crippen molar-refractivity contribution in [1.29, 1.82) is 0 Å². The number of anilines is 2. The van der Waals surface area contributed by atoms with E-state index in [-0.39, 0.29) is 24.9 Å². The predicted molar refractivity (Wildman–Crippen MR) is 107 cm³/mol. The van der Waals surface area contributed by atoms with Crippen molar-refractivity contribution in [3.8, 4) is 0 Å². The Kier molecular flexibility index (Phi) is 5.96. The number of carbonyl (C=O) groups is 2. The van der Waals surface area contributed by atoms with Gasteiger partial charge >= 0.3 is 0 Å². The molecule has 0 atom stereocenters. The van der Waals surface area contributed by atoms with Crippen LogP contribution in [-0.4, -0.2) is 49.7 Å². The molecule has 2 amide bonds. The first-order chi connectivity index (χ1) is 12.6. The highest BCUT2D eigenvalue weighted by atomic mass is 32.2. The highest BCUT2D eigenvalue weighted by molar-refractivity contribution is 7.98. The zero-order chi connectivity index (χ0) is 18.5. The van der Waals surface area contributed by atoms with Crippen LogP contribution in [0.25, 0.3) is 0 Å². The first-order valence-corrected chi connectivity index (χ1v) is 9.80. The molecule has 5 nitrogen and oxygen atoms in total. The maximum absolute atomic E-state index is 12.6. The second kappa shape index (κ2) is 8.38. The summed E-state index contributed by atoms with van der Waals surface area (Å²) in [5, 5.41) is 2.92. The maximum atomic E-state index is 12.6. The number of nitrogens with one attached hydrogen (secondary N) is 1. The van der Waals surface area contributed by atoms with Crippen molar-refractivity contribution in [2.24, 2.45) is 0 Å². The van der Waals surface area contributed by atoms with E-state index in [1.54, 1.807) is 23.7 Å². The van der Waals surface area contributed by atoms with Crippen LogP contribution in [0, 0.1) is 0 Å². The lowest BCUT2D eigenvalue weighted by Gasteiger charge is -2.22. The minimum atomic E-state index is -0.122. The first-order valence-electron chi connectivity index (χ1n) is 8.58. The zero-order valence-corrected chi connectivity index (χ0v) is 15.9. The average Bonchev–Trinajstić information content (AvgIpc) is 3.06. The summed E-state index contributed by atoms with van der Waals surface area (Å²) in [5.41, 5.74) is 3.00. The SMILES string of the molecule is CSc1ccccc1NC(=O)CN(C)CC(=O)N1CCc2ccccc21. The van der Waals surface area contributed by atoms with Crippen molar-refractivity contribution < 1.29 is 9.59 Å². The van der Waals surface area contributed by atoms with Gasteiger partial charge in [-0.05, 0) is 43.5 Å². The minimum Gasteiger partial charge on any atom is -0.324 e. The lowest BCUT2D eigenvalue weighted by Crippen LogP contribution is -2.40. The van der Waals surface area contributed by atoms with Crippen LogP contribution in [-0.2, 0) is 16.0 Å². The highest BCUT2D eigenvalue weighted by Gasteiger charge is 2.25. The quantitative estimate of drug-likeness (QED) is 0.796. The van der Waals surface area contributed by atoms with E-state index >= 15 is 0 Å². The monoisotopic (exact) mass is 369 g/mol. The number of amides is 2. The average molecular weight is 369 g/mol. The van der Waals surface area contributed by atoms with Crippen LogP contribution in [0.3, 0.4) is 0 Å². The van der Waals surface area contributed by atoms with E-state index in [0.717, 1.165) is 22.7 Å². The van der Waals surface area contributed by atoms with E-state index in [0.29, 0.717) is 6.54 Å². The number of likely N-dealkylation sites (N-methyl/N-ethyl adjacent to an activating group) is 1. The largest absolute Gasteiger partial charge is 0.324 e. The van der Waals surface area contributed by atoms with E-state index in [1.807, 2.05) is 53.6 Å². The van der Waals surface area contributed by atoms with Gasteiger partial charge in [0.15, 0.2) is 0 Å². The molecule has 1 aliphatic heterocycles. The summed E-state index contributed by atoms with van der Waals surface area (Å²) in [7, 11) is 1.79. The van der Waals surface area contributed by atoms with Crippen molar-refractivity contribution in [1.82, 2.24) is 4.90 Å². The molecule has 6 heteroatoms. The third kappa shape index (κ3) is 4.26. The number of carbonyl (C=O) groups excluding carboxylic acids is 2. The molecule has 2 aromatic rings. The number of nitrogens with zero attached hydrogens (tertiary/aromatic N) is 2. The summed E-state index contributed by atoms with van der Waals surface area (Å²) in [6.07, 6.45) is 2.86. The number of hydrogen-bond acceptors (Lipinski definition) is 4. The fourth-order valence-electron chi connectivity index (χ4n) is 3.15. The minimum absolute atomic E-state index is 0.0229. The molecule has 0 bridgehead atoms. The summed E-state index contributed by atoms with van der Waals surface area (Å²) in [6, 6.07) is 15.7. The molecule has 1 heterocycles. The van der Waals surface area contributed by atoms with Crippen LogP contribution in [0.15, 0.2) is 53.4 Å². The van der Waals surface area contributed by atoms with Crippen LogP contribution in [0.2, 0.25) is 0 Å². The molecule has 1 N–H and O–H groups in total. The Bertz CT molecular complexity index is 809. The van der Waals surface area contributed by atoms with Gasteiger partial charge in [0.1, 0.15) is 0 Å². The van der Waals surface area contributed by atoms with Crippen molar-refractivity contribution in [3.63, 3.8) is 0 Å². The van der Waals surface area contributed by atoms with Crippen molar-refractivity contribution in [2.75, 3.05) is 43.2 Å². The second-order valence-corrected chi connectivity index (χ2v) is 7.19. The summed E-state index contributed by atoms with van der Waals surface area (Å²) in [4.78, 5) is 29.5. The molecule has 0 spiro atoms. The zero-order valence-electron chi connectivity index (χ0n) is 15.1. The molecule has 136 valence electrons. The van der Waals surface area contributed by atoms with Crippen molar-refractivity contribution in [2.45, 2.75) is 11.3 Å². The van der Waals surface area contributed by atoms with Crippen molar-refractivity contribution >= 4 is 35.0 Å². The van der Waals surface area contributed by atoms with Gasteiger partial charge in [-0.2, -0.15) is 0 Å². The van der Waals surface area contributed by atoms with Crippen molar-refractivity contribution in [3.05, 3.63) is 54.1 Å². The second-order valence-electron chi connectivity index (χ2n) is 6.34. The van der Waals surface area contributed by atoms with Gasteiger partial charge in [-0.1, -0.05) is 30.3 Å². The molecule has 0 unspecified atom stereocenters. The summed E-state index contributed by atoms with van der Waals surface area (Å²) in [5.74, 6) is -0.0987. The number of hydrogen-bond donors (Lipinski definition) is 1. The Morgan fingerprint density at radius 1 is 1.12 bits per heavy atom. The Labute approximate surface area is 158 Å². The van der Waals surface area contributed by atoms with E-state index < -0.39 is 0 Å². The predicted octanol–water partition coefficient (Wildman–Crippen LogP) is 2.87. The number of fused-ring (bicyclic) bond motifs is 1. The molecule has 0 fully saturated rings. The van der Waals surface area contributed by atoms with Crippen LogP contribution >= 0.6 is 11.8 Å². The normalized spacial score (nSPS) is 13.0. The molecular formula is C20H23N3O2S. The molecular weight excluding hydrogens is 346 g/mol. The Morgan fingerprint density at radius 2 is 1.85 bits per heavy atom. The van der Waals surface area contributed by atoms with Gasteiger partial charge in [0.2, 0.25) is 11.8 Å². The van der Waals surface area contributed by atoms with Crippen LogP contribution in [0.5, 0.6) is 0 Å². The number of thioether (sulfide) groups is 1. The molecule has 0 saturated heterocycles. The highest BCUT2D eigenvalue weighted by Crippen LogP contribution is 2.27. The van der Waals surface area contributed by atoms with Crippen LogP contribution < -0.4 is 10.2 Å². The molecule has 0 aromatic heterocycles. The first kappa shape index (κ1) is 18.5.